The van der Waals surface area contributed by atoms with Crippen molar-refractivity contribution in [1.29, 1.82) is 0 Å². The summed E-state index contributed by atoms with van der Waals surface area (Å²) < 4.78 is 5.81. The monoisotopic (exact) mass is 387 g/mol. The largest absolute Gasteiger partial charge is 0.452 e. The van der Waals surface area contributed by atoms with Gasteiger partial charge in [0.1, 0.15) is 0 Å². The van der Waals surface area contributed by atoms with Gasteiger partial charge in [0, 0.05) is 17.1 Å². The Morgan fingerprint density at radius 1 is 1.12 bits per heavy atom. The third-order valence-corrected chi connectivity index (χ3v) is 4.11. The van der Waals surface area contributed by atoms with Crippen LogP contribution in [0.25, 0.3) is 6.08 Å². The molecule has 1 N–H and O–H groups in total. The van der Waals surface area contributed by atoms with E-state index in [1.807, 2.05) is 55.5 Å². The highest BCUT2D eigenvalue weighted by Crippen LogP contribution is 2.17. The van der Waals surface area contributed by atoms with Crippen LogP contribution in [-0.4, -0.2) is 18.5 Å². The molecule has 2 aromatic carbocycles. The van der Waals surface area contributed by atoms with Crippen molar-refractivity contribution in [2.75, 3.05) is 6.61 Å². The fraction of sp³-hybridized carbons (Fsp3) is 0.158. The summed E-state index contributed by atoms with van der Waals surface area (Å²) in [5.74, 6) is -0.891. The standard InChI is InChI=1S/C19H18BrNO3/c1-14-6-2-3-8-16(14)12-21-18(22)13-24-19(23)11-10-15-7-4-5-9-17(15)20/h2-11H,12-13H2,1H3,(H,21,22)/b11-10+. The maximum Gasteiger partial charge on any atom is 0.331 e. The zero-order valence-electron chi connectivity index (χ0n) is 13.3. The number of carbonyl (C=O) groups is 2. The predicted octanol–water partition coefficient (Wildman–Crippen LogP) is 3.63. The molecule has 0 unspecified atom stereocenters. The van der Waals surface area contributed by atoms with Crippen molar-refractivity contribution in [3.05, 3.63) is 75.8 Å². The van der Waals surface area contributed by atoms with Crippen molar-refractivity contribution in [3.8, 4) is 0 Å². The van der Waals surface area contributed by atoms with Crippen molar-refractivity contribution in [3.63, 3.8) is 0 Å². The van der Waals surface area contributed by atoms with Crippen LogP contribution in [0, 0.1) is 6.92 Å². The van der Waals surface area contributed by atoms with E-state index in [-0.39, 0.29) is 12.5 Å². The number of hydrogen-bond donors (Lipinski definition) is 1. The third kappa shape index (κ3) is 5.66. The molecule has 0 aliphatic heterocycles. The Kier molecular flexibility index (Phi) is 6.75. The molecule has 0 heterocycles. The Morgan fingerprint density at radius 3 is 2.58 bits per heavy atom. The Hall–Kier alpha value is -2.40. The second-order valence-corrected chi connectivity index (χ2v) is 6.02. The van der Waals surface area contributed by atoms with E-state index in [0.29, 0.717) is 6.54 Å². The fourth-order valence-corrected chi connectivity index (χ4v) is 2.42. The van der Waals surface area contributed by atoms with E-state index < -0.39 is 5.97 Å². The van der Waals surface area contributed by atoms with Gasteiger partial charge < -0.3 is 10.1 Å². The van der Waals surface area contributed by atoms with Crippen molar-refractivity contribution in [1.82, 2.24) is 5.32 Å². The van der Waals surface area contributed by atoms with Crippen LogP contribution in [-0.2, 0) is 20.9 Å². The number of esters is 1. The van der Waals surface area contributed by atoms with Gasteiger partial charge in [0.05, 0.1) is 0 Å². The SMILES string of the molecule is Cc1ccccc1CNC(=O)COC(=O)/C=C/c1ccccc1Br. The average molecular weight is 388 g/mol. The van der Waals surface area contributed by atoms with E-state index in [4.69, 9.17) is 4.74 Å². The molecular weight excluding hydrogens is 370 g/mol. The zero-order valence-corrected chi connectivity index (χ0v) is 14.9. The molecule has 0 spiro atoms. The summed E-state index contributed by atoms with van der Waals surface area (Å²) >= 11 is 3.39. The van der Waals surface area contributed by atoms with Crippen molar-refractivity contribution < 1.29 is 14.3 Å². The number of benzene rings is 2. The summed E-state index contributed by atoms with van der Waals surface area (Å²) in [5, 5.41) is 2.73. The maximum atomic E-state index is 11.7. The van der Waals surface area contributed by atoms with Gasteiger partial charge in [-0.05, 0) is 35.8 Å². The summed E-state index contributed by atoms with van der Waals surface area (Å²) in [6.07, 6.45) is 2.94. The molecule has 4 nitrogen and oxygen atoms in total. The summed E-state index contributed by atoms with van der Waals surface area (Å²) in [7, 11) is 0. The van der Waals surface area contributed by atoms with Gasteiger partial charge in [0.25, 0.3) is 5.91 Å². The van der Waals surface area contributed by atoms with E-state index in [1.54, 1.807) is 6.08 Å². The normalized spacial score (nSPS) is 10.6. The molecule has 1 amide bonds. The number of aryl methyl sites for hydroxylation is 1. The first-order valence-corrected chi connectivity index (χ1v) is 8.26. The highest BCUT2D eigenvalue weighted by Gasteiger charge is 2.06. The Labute approximate surface area is 149 Å². The molecule has 5 heteroatoms. The number of nitrogens with one attached hydrogen (secondary N) is 1. The molecule has 0 radical (unpaired) electrons. The van der Waals surface area contributed by atoms with Gasteiger partial charge in [-0.3, -0.25) is 4.79 Å². The van der Waals surface area contributed by atoms with Gasteiger partial charge in [-0.15, -0.1) is 0 Å². The number of hydrogen-bond acceptors (Lipinski definition) is 3. The first-order chi connectivity index (χ1) is 11.6. The molecule has 0 fully saturated rings. The van der Waals surface area contributed by atoms with Gasteiger partial charge in [-0.25, -0.2) is 4.79 Å². The minimum atomic E-state index is -0.559. The highest BCUT2D eigenvalue weighted by molar-refractivity contribution is 9.10. The van der Waals surface area contributed by atoms with E-state index >= 15 is 0 Å². The molecule has 0 aromatic heterocycles. The number of amides is 1. The molecule has 0 atom stereocenters. The number of carbonyl (C=O) groups excluding carboxylic acids is 2. The van der Waals surface area contributed by atoms with Crippen molar-refractivity contribution in [2.24, 2.45) is 0 Å². The summed E-state index contributed by atoms with van der Waals surface area (Å²) in [5.41, 5.74) is 3.00. The number of rotatable bonds is 6. The van der Waals surface area contributed by atoms with Crippen LogP contribution in [0.5, 0.6) is 0 Å². The van der Waals surface area contributed by atoms with Crippen molar-refractivity contribution >= 4 is 33.9 Å². The van der Waals surface area contributed by atoms with Crippen LogP contribution >= 0.6 is 15.9 Å². The van der Waals surface area contributed by atoms with Crippen LogP contribution in [0.4, 0.5) is 0 Å². The Balaban J connectivity index is 1.76. The predicted molar refractivity (Wildman–Crippen MR) is 97.2 cm³/mol. The molecular formula is C19H18BrNO3. The molecule has 0 saturated carbocycles. The van der Waals surface area contributed by atoms with Crippen LogP contribution < -0.4 is 5.32 Å². The maximum absolute atomic E-state index is 11.7. The lowest BCUT2D eigenvalue weighted by atomic mass is 10.1. The van der Waals surface area contributed by atoms with E-state index in [9.17, 15) is 9.59 Å². The zero-order chi connectivity index (χ0) is 17.4. The van der Waals surface area contributed by atoms with Gasteiger partial charge in [0.2, 0.25) is 0 Å². The van der Waals surface area contributed by atoms with Gasteiger partial charge in [0.15, 0.2) is 6.61 Å². The minimum Gasteiger partial charge on any atom is -0.452 e. The lowest BCUT2D eigenvalue weighted by Crippen LogP contribution is -2.28. The number of halogens is 1. The summed E-state index contributed by atoms with van der Waals surface area (Å²) in [4.78, 5) is 23.4. The second kappa shape index (κ2) is 9.03. The molecule has 24 heavy (non-hydrogen) atoms. The Bertz CT molecular complexity index is 756. The quantitative estimate of drug-likeness (QED) is 0.608. The van der Waals surface area contributed by atoms with Crippen LogP contribution in [0.15, 0.2) is 59.1 Å². The molecule has 124 valence electrons. The van der Waals surface area contributed by atoms with Crippen LogP contribution in [0.1, 0.15) is 16.7 Å². The van der Waals surface area contributed by atoms with Gasteiger partial charge in [-0.2, -0.15) is 0 Å². The molecule has 0 bridgehead atoms. The molecule has 0 saturated heterocycles. The van der Waals surface area contributed by atoms with Crippen LogP contribution in [0.2, 0.25) is 0 Å². The van der Waals surface area contributed by atoms with Gasteiger partial charge >= 0.3 is 5.97 Å². The molecule has 2 rings (SSSR count). The Morgan fingerprint density at radius 2 is 1.83 bits per heavy atom. The molecule has 0 aliphatic rings. The van der Waals surface area contributed by atoms with E-state index in [0.717, 1.165) is 21.2 Å². The highest BCUT2D eigenvalue weighted by atomic mass is 79.9. The summed E-state index contributed by atoms with van der Waals surface area (Å²) in [6, 6.07) is 15.3. The molecule has 2 aromatic rings. The minimum absolute atomic E-state index is 0.301. The van der Waals surface area contributed by atoms with E-state index in [1.165, 1.54) is 6.08 Å². The van der Waals surface area contributed by atoms with Crippen molar-refractivity contribution in [2.45, 2.75) is 13.5 Å². The van der Waals surface area contributed by atoms with Crippen LogP contribution in [0.3, 0.4) is 0 Å². The third-order valence-electron chi connectivity index (χ3n) is 3.39. The second-order valence-electron chi connectivity index (χ2n) is 5.17. The fourth-order valence-electron chi connectivity index (χ4n) is 2.01. The number of ether oxygens (including phenoxy) is 1. The topological polar surface area (TPSA) is 55.4 Å². The average Bonchev–Trinajstić information content (AvgIpc) is 2.58. The first-order valence-electron chi connectivity index (χ1n) is 7.47. The first kappa shape index (κ1) is 17.9. The van der Waals surface area contributed by atoms with E-state index in [2.05, 4.69) is 21.2 Å². The summed E-state index contributed by atoms with van der Waals surface area (Å²) in [6.45, 7) is 2.09. The molecule has 0 aliphatic carbocycles. The van der Waals surface area contributed by atoms with Gasteiger partial charge in [-0.1, -0.05) is 58.4 Å². The lowest BCUT2D eigenvalue weighted by molar-refractivity contribution is -0.143. The smallest absolute Gasteiger partial charge is 0.331 e. The lowest BCUT2D eigenvalue weighted by Gasteiger charge is -2.07.